The van der Waals surface area contributed by atoms with Crippen LogP contribution in [0.15, 0.2) is 18.2 Å². The van der Waals surface area contributed by atoms with E-state index in [2.05, 4.69) is 0 Å². The van der Waals surface area contributed by atoms with Gasteiger partial charge in [-0.05, 0) is 36.6 Å². The van der Waals surface area contributed by atoms with Gasteiger partial charge in [-0.25, -0.2) is 8.78 Å². The minimum absolute atomic E-state index is 0.0116. The van der Waals surface area contributed by atoms with Gasteiger partial charge in [0.2, 0.25) is 0 Å². The SMILES string of the molecule is CCCC(F)(CN)Cc1ccc(F)cc1C. The first-order chi connectivity index (χ1) is 7.50. The molecule has 1 aromatic rings. The number of nitrogens with two attached hydrogens (primary N) is 1. The number of rotatable bonds is 5. The van der Waals surface area contributed by atoms with Gasteiger partial charge in [-0.2, -0.15) is 0 Å². The molecule has 3 heteroatoms. The minimum atomic E-state index is -1.36. The Hall–Kier alpha value is -0.960. The fourth-order valence-corrected chi connectivity index (χ4v) is 1.91. The van der Waals surface area contributed by atoms with Crippen molar-refractivity contribution in [2.24, 2.45) is 5.73 Å². The van der Waals surface area contributed by atoms with E-state index in [-0.39, 0.29) is 18.8 Å². The molecule has 0 aromatic heterocycles. The first kappa shape index (κ1) is 13.1. The normalized spacial score (nSPS) is 14.8. The van der Waals surface area contributed by atoms with Crippen molar-refractivity contribution in [3.8, 4) is 0 Å². The van der Waals surface area contributed by atoms with Gasteiger partial charge in [-0.1, -0.05) is 19.4 Å². The topological polar surface area (TPSA) is 26.0 Å². The second-order valence-electron chi connectivity index (χ2n) is 4.35. The second-order valence-corrected chi connectivity index (χ2v) is 4.35. The van der Waals surface area contributed by atoms with Gasteiger partial charge in [-0.3, -0.25) is 0 Å². The van der Waals surface area contributed by atoms with Crippen molar-refractivity contribution in [2.75, 3.05) is 6.54 Å². The van der Waals surface area contributed by atoms with Gasteiger partial charge in [0.25, 0.3) is 0 Å². The Labute approximate surface area is 95.7 Å². The van der Waals surface area contributed by atoms with Crippen LogP contribution in [0.2, 0.25) is 0 Å². The highest BCUT2D eigenvalue weighted by molar-refractivity contribution is 5.28. The molecule has 0 aliphatic carbocycles. The van der Waals surface area contributed by atoms with Crippen LogP contribution in [0.1, 0.15) is 30.9 Å². The highest BCUT2D eigenvalue weighted by Gasteiger charge is 2.27. The van der Waals surface area contributed by atoms with Crippen molar-refractivity contribution >= 4 is 0 Å². The minimum Gasteiger partial charge on any atom is -0.328 e. The number of hydrogen-bond acceptors (Lipinski definition) is 1. The van der Waals surface area contributed by atoms with E-state index in [4.69, 9.17) is 5.73 Å². The summed E-state index contributed by atoms with van der Waals surface area (Å²) in [5.41, 5.74) is 5.73. The molecule has 0 fully saturated rings. The smallest absolute Gasteiger partial charge is 0.127 e. The van der Waals surface area contributed by atoms with E-state index in [9.17, 15) is 8.78 Å². The molecule has 0 aliphatic rings. The van der Waals surface area contributed by atoms with Crippen LogP contribution < -0.4 is 5.73 Å². The largest absolute Gasteiger partial charge is 0.328 e. The average molecular weight is 227 g/mol. The van der Waals surface area contributed by atoms with E-state index in [1.807, 2.05) is 6.92 Å². The number of benzene rings is 1. The molecule has 2 N–H and O–H groups in total. The standard InChI is InChI=1S/C13H19F2N/c1-3-6-13(15,9-16)8-11-4-5-12(14)7-10(11)2/h4-5,7H,3,6,8-9,16H2,1-2H3. The van der Waals surface area contributed by atoms with Gasteiger partial charge in [-0.15, -0.1) is 0 Å². The Kier molecular flexibility index (Phi) is 4.42. The first-order valence-corrected chi connectivity index (χ1v) is 5.65. The molecule has 1 nitrogen and oxygen atoms in total. The lowest BCUT2D eigenvalue weighted by atomic mass is 9.90. The molecule has 1 atom stereocenters. The van der Waals surface area contributed by atoms with Crippen LogP contribution in [-0.2, 0) is 6.42 Å². The van der Waals surface area contributed by atoms with Crippen LogP contribution in [0.4, 0.5) is 8.78 Å². The summed E-state index contributed by atoms with van der Waals surface area (Å²) in [7, 11) is 0. The van der Waals surface area contributed by atoms with Gasteiger partial charge in [0, 0.05) is 13.0 Å². The Morgan fingerprint density at radius 3 is 2.56 bits per heavy atom. The molecule has 0 radical (unpaired) electrons. The molecule has 90 valence electrons. The average Bonchev–Trinajstić information content (AvgIpc) is 2.23. The second kappa shape index (κ2) is 5.39. The van der Waals surface area contributed by atoms with E-state index in [0.717, 1.165) is 17.5 Å². The Morgan fingerprint density at radius 1 is 1.38 bits per heavy atom. The number of aryl methyl sites for hydroxylation is 1. The third kappa shape index (κ3) is 3.27. The number of alkyl halides is 1. The first-order valence-electron chi connectivity index (χ1n) is 5.65. The molecule has 0 bridgehead atoms. The Morgan fingerprint density at radius 2 is 2.06 bits per heavy atom. The van der Waals surface area contributed by atoms with Crippen molar-refractivity contribution in [2.45, 2.75) is 38.8 Å². The molecule has 16 heavy (non-hydrogen) atoms. The van der Waals surface area contributed by atoms with Crippen LogP contribution in [0.5, 0.6) is 0 Å². The quantitative estimate of drug-likeness (QED) is 0.821. The lowest BCUT2D eigenvalue weighted by Crippen LogP contribution is -2.35. The lowest BCUT2D eigenvalue weighted by Gasteiger charge is -2.24. The summed E-state index contributed by atoms with van der Waals surface area (Å²) >= 11 is 0. The summed E-state index contributed by atoms with van der Waals surface area (Å²) in [6.45, 7) is 3.74. The molecule has 0 spiro atoms. The fraction of sp³-hybridized carbons (Fsp3) is 0.538. The van der Waals surface area contributed by atoms with E-state index < -0.39 is 5.67 Å². The zero-order valence-electron chi connectivity index (χ0n) is 9.89. The van der Waals surface area contributed by atoms with E-state index in [0.29, 0.717) is 6.42 Å². The molecule has 0 heterocycles. The third-order valence-corrected chi connectivity index (χ3v) is 2.88. The lowest BCUT2D eigenvalue weighted by molar-refractivity contribution is 0.158. The van der Waals surface area contributed by atoms with Gasteiger partial charge in [0.05, 0.1) is 0 Å². The van der Waals surface area contributed by atoms with Crippen LogP contribution in [0, 0.1) is 12.7 Å². The predicted molar refractivity (Wildman–Crippen MR) is 62.6 cm³/mol. The zero-order valence-corrected chi connectivity index (χ0v) is 9.89. The molecule has 0 saturated carbocycles. The van der Waals surface area contributed by atoms with E-state index in [1.165, 1.54) is 12.1 Å². The maximum Gasteiger partial charge on any atom is 0.127 e. The van der Waals surface area contributed by atoms with Crippen molar-refractivity contribution in [1.29, 1.82) is 0 Å². The van der Waals surface area contributed by atoms with Crippen molar-refractivity contribution in [3.63, 3.8) is 0 Å². The Balaban J connectivity index is 2.85. The molecule has 0 saturated heterocycles. The zero-order chi connectivity index (χ0) is 12.2. The van der Waals surface area contributed by atoms with Crippen LogP contribution in [-0.4, -0.2) is 12.2 Å². The molecule has 1 unspecified atom stereocenters. The van der Waals surface area contributed by atoms with Gasteiger partial charge >= 0.3 is 0 Å². The third-order valence-electron chi connectivity index (χ3n) is 2.88. The molecular weight excluding hydrogens is 208 g/mol. The molecule has 0 amide bonds. The maximum atomic E-state index is 14.3. The number of halogens is 2. The van der Waals surface area contributed by atoms with E-state index in [1.54, 1.807) is 13.0 Å². The monoisotopic (exact) mass is 227 g/mol. The Bertz CT molecular complexity index is 352. The highest BCUT2D eigenvalue weighted by Crippen LogP contribution is 2.24. The predicted octanol–water partition coefficient (Wildman–Crippen LogP) is 3.14. The summed E-state index contributed by atoms with van der Waals surface area (Å²) in [5, 5.41) is 0. The van der Waals surface area contributed by atoms with Crippen LogP contribution >= 0.6 is 0 Å². The van der Waals surface area contributed by atoms with Crippen molar-refractivity contribution in [3.05, 3.63) is 35.1 Å². The van der Waals surface area contributed by atoms with Crippen molar-refractivity contribution in [1.82, 2.24) is 0 Å². The summed E-state index contributed by atoms with van der Waals surface area (Å²) in [6, 6.07) is 4.44. The molecular formula is C13H19F2N. The molecule has 1 aromatic carbocycles. The summed E-state index contributed by atoms with van der Waals surface area (Å²) in [6.07, 6.45) is 1.47. The summed E-state index contributed by atoms with van der Waals surface area (Å²) < 4.78 is 27.2. The maximum absolute atomic E-state index is 14.3. The van der Waals surface area contributed by atoms with E-state index >= 15 is 0 Å². The molecule has 0 aliphatic heterocycles. The highest BCUT2D eigenvalue weighted by atomic mass is 19.1. The summed E-state index contributed by atoms with van der Waals surface area (Å²) in [4.78, 5) is 0. The fourth-order valence-electron chi connectivity index (χ4n) is 1.91. The van der Waals surface area contributed by atoms with Crippen LogP contribution in [0.3, 0.4) is 0 Å². The van der Waals surface area contributed by atoms with Gasteiger partial charge < -0.3 is 5.73 Å². The van der Waals surface area contributed by atoms with Gasteiger partial charge in [0.1, 0.15) is 11.5 Å². The number of hydrogen-bond donors (Lipinski definition) is 1. The molecule has 1 rings (SSSR count). The van der Waals surface area contributed by atoms with Crippen LogP contribution in [0.25, 0.3) is 0 Å². The van der Waals surface area contributed by atoms with Gasteiger partial charge in [0.15, 0.2) is 0 Å². The van der Waals surface area contributed by atoms with Crippen molar-refractivity contribution < 1.29 is 8.78 Å². The summed E-state index contributed by atoms with van der Waals surface area (Å²) in [5.74, 6) is -0.283.